The van der Waals surface area contributed by atoms with Crippen LogP contribution in [0.5, 0.6) is 0 Å². The molecule has 2 aromatic carbocycles. The van der Waals surface area contributed by atoms with Crippen molar-refractivity contribution >= 4 is 17.7 Å². The Bertz CT molecular complexity index is 788. The molecular formula is C23H27FN2OS. The van der Waals surface area contributed by atoms with Crippen LogP contribution >= 0.6 is 11.8 Å². The van der Waals surface area contributed by atoms with Crippen LogP contribution < -0.4 is 5.32 Å². The fraction of sp³-hybridized carbons (Fsp3) is 0.435. The Labute approximate surface area is 170 Å². The summed E-state index contributed by atoms with van der Waals surface area (Å²) in [5.74, 6) is 0.684. The first-order valence-corrected chi connectivity index (χ1v) is 11.1. The van der Waals surface area contributed by atoms with E-state index in [4.69, 9.17) is 0 Å². The first-order chi connectivity index (χ1) is 13.7. The van der Waals surface area contributed by atoms with Crippen LogP contribution in [-0.4, -0.2) is 36.5 Å². The zero-order valence-corrected chi connectivity index (χ0v) is 16.8. The van der Waals surface area contributed by atoms with Crippen molar-refractivity contribution in [1.82, 2.24) is 10.2 Å². The van der Waals surface area contributed by atoms with E-state index in [0.717, 1.165) is 44.0 Å². The van der Waals surface area contributed by atoms with Gasteiger partial charge in [-0.2, -0.15) is 0 Å². The lowest BCUT2D eigenvalue weighted by atomic mass is 10.0. The Balaban J connectivity index is 1.43. The third-order valence-corrected chi connectivity index (χ3v) is 6.90. The number of carbonyl (C=O) groups is 1. The Morgan fingerprint density at radius 1 is 1.04 bits per heavy atom. The lowest BCUT2D eigenvalue weighted by molar-refractivity contribution is -0.131. The summed E-state index contributed by atoms with van der Waals surface area (Å²) in [4.78, 5) is 15.8. The highest BCUT2D eigenvalue weighted by atomic mass is 32.2. The second kappa shape index (κ2) is 9.10. The van der Waals surface area contributed by atoms with Crippen molar-refractivity contribution in [2.45, 2.75) is 41.9 Å². The summed E-state index contributed by atoms with van der Waals surface area (Å²) in [7, 11) is 0. The Kier molecular flexibility index (Phi) is 6.33. The van der Waals surface area contributed by atoms with Gasteiger partial charge in [-0.15, -0.1) is 11.8 Å². The van der Waals surface area contributed by atoms with Gasteiger partial charge in [0.2, 0.25) is 5.91 Å². The minimum atomic E-state index is -0.422. The van der Waals surface area contributed by atoms with Gasteiger partial charge in [-0.05, 0) is 55.8 Å². The molecule has 2 aliphatic rings. The molecule has 5 heteroatoms. The predicted octanol–water partition coefficient (Wildman–Crippen LogP) is 4.65. The third-order valence-electron chi connectivity index (χ3n) is 5.61. The minimum Gasteiger partial charge on any atom is -0.341 e. The fourth-order valence-corrected chi connectivity index (χ4v) is 4.82. The van der Waals surface area contributed by atoms with Gasteiger partial charge < -0.3 is 10.2 Å². The van der Waals surface area contributed by atoms with Crippen molar-refractivity contribution in [2.24, 2.45) is 5.92 Å². The Hall–Kier alpha value is -1.85. The lowest BCUT2D eigenvalue weighted by Gasteiger charge is -2.34. The number of carbonyl (C=O) groups excluding carboxylic acids is 1. The summed E-state index contributed by atoms with van der Waals surface area (Å²) in [6, 6.07) is 16.9. The van der Waals surface area contributed by atoms with Crippen LogP contribution in [0.3, 0.4) is 0 Å². The highest BCUT2D eigenvalue weighted by molar-refractivity contribution is 8.00. The number of halogens is 1. The van der Waals surface area contributed by atoms with Crippen molar-refractivity contribution in [2.75, 3.05) is 19.6 Å². The van der Waals surface area contributed by atoms with E-state index in [1.165, 1.54) is 30.7 Å². The maximum Gasteiger partial charge on any atom is 0.240 e. The van der Waals surface area contributed by atoms with Gasteiger partial charge in [-0.25, -0.2) is 4.39 Å². The molecule has 1 aliphatic heterocycles. The molecule has 2 aromatic rings. The number of thioether (sulfide) groups is 1. The molecule has 28 heavy (non-hydrogen) atoms. The molecule has 148 valence electrons. The zero-order chi connectivity index (χ0) is 19.3. The molecular weight excluding hydrogens is 371 g/mol. The van der Waals surface area contributed by atoms with Gasteiger partial charge in [0.05, 0.1) is 0 Å². The van der Waals surface area contributed by atoms with Crippen LogP contribution in [0.15, 0.2) is 59.5 Å². The Morgan fingerprint density at radius 3 is 2.39 bits per heavy atom. The van der Waals surface area contributed by atoms with E-state index < -0.39 is 5.25 Å². The molecule has 0 spiro atoms. The fourth-order valence-electron chi connectivity index (χ4n) is 3.68. The molecule has 1 amide bonds. The smallest absolute Gasteiger partial charge is 0.240 e. The molecule has 1 saturated heterocycles. The quantitative estimate of drug-likeness (QED) is 0.689. The molecule has 1 saturated carbocycles. The van der Waals surface area contributed by atoms with E-state index in [-0.39, 0.29) is 11.7 Å². The number of hydrogen-bond acceptors (Lipinski definition) is 3. The molecule has 1 atom stereocenters. The van der Waals surface area contributed by atoms with Crippen LogP contribution in [0.25, 0.3) is 0 Å². The molecule has 1 unspecified atom stereocenters. The minimum absolute atomic E-state index is 0.0834. The number of nitrogens with zero attached hydrogens (tertiary/aromatic N) is 1. The highest BCUT2D eigenvalue weighted by Crippen LogP contribution is 2.38. The number of likely N-dealkylation sites (tertiary alicyclic amines) is 1. The largest absolute Gasteiger partial charge is 0.341 e. The summed E-state index contributed by atoms with van der Waals surface area (Å²) >= 11 is 1.31. The van der Waals surface area contributed by atoms with Crippen molar-refractivity contribution < 1.29 is 9.18 Å². The molecule has 1 N–H and O–H groups in total. The SMILES string of the molecule is O=C(C(Sc1ccccc1F)c1ccccc1)N1CCC(NCC2CC2)CC1. The first kappa shape index (κ1) is 19.5. The van der Waals surface area contributed by atoms with Crippen molar-refractivity contribution in [1.29, 1.82) is 0 Å². The standard InChI is InChI=1S/C23H27FN2OS/c24-20-8-4-5-9-21(20)28-22(18-6-2-1-3-7-18)23(27)26-14-12-19(13-15-26)25-16-17-10-11-17/h1-9,17,19,22,25H,10-16H2. The van der Waals surface area contributed by atoms with E-state index in [2.05, 4.69) is 5.32 Å². The summed E-state index contributed by atoms with van der Waals surface area (Å²) in [6.07, 6.45) is 4.70. The molecule has 1 heterocycles. The monoisotopic (exact) mass is 398 g/mol. The van der Waals surface area contributed by atoms with Crippen LogP contribution in [-0.2, 0) is 4.79 Å². The van der Waals surface area contributed by atoms with E-state index in [9.17, 15) is 9.18 Å². The summed E-state index contributed by atoms with van der Waals surface area (Å²) in [6.45, 7) is 2.65. The van der Waals surface area contributed by atoms with E-state index in [1.54, 1.807) is 12.1 Å². The summed E-state index contributed by atoms with van der Waals surface area (Å²) < 4.78 is 14.2. The predicted molar refractivity (Wildman–Crippen MR) is 112 cm³/mol. The van der Waals surface area contributed by atoms with Gasteiger partial charge in [-0.1, -0.05) is 42.5 Å². The van der Waals surface area contributed by atoms with Crippen LogP contribution in [0.2, 0.25) is 0 Å². The number of rotatable bonds is 7. The van der Waals surface area contributed by atoms with Gasteiger partial charge in [0.15, 0.2) is 0 Å². The van der Waals surface area contributed by atoms with Crippen molar-refractivity contribution in [3.63, 3.8) is 0 Å². The number of nitrogens with one attached hydrogen (secondary N) is 1. The second-order valence-electron chi connectivity index (χ2n) is 7.79. The highest BCUT2D eigenvalue weighted by Gasteiger charge is 2.31. The maximum absolute atomic E-state index is 14.2. The number of benzene rings is 2. The second-order valence-corrected chi connectivity index (χ2v) is 8.94. The molecule has 1 aliphatic carbocycles. The van der Waals surface area contributed by atoms with Gasteiger partial charge in [0.25, 0.3) is 0 Å². The summed E-state index contributed by atoms with van der Waals surface area (Å²) in [5, 5.41) is 3.24. The van der Waals surface area contributed by atoms with Crippen molar-refractivity contribution in [3.8, 4) is 0 Å². The molecule has 0 aromatic heterocycles. The van der Waals surface area contributed by atoms with Gasteiger partial charge in [-0.3, -0.25) is 4.79 Å². The molecule has 2 fully saturated rings. The Morgan fingerprint density at radius 2 is 1.71 bits per heavy atom. The van der Waals surface area contributed by atoms with Crippen molar-refractivity contribution in [3.05, 3.63) is 66.0 Å². The average molecular weight is 399 g/mol. The van der Waals surface area contributed by atoms with Crippen LogP contribution in [0.4, 0.5) is 4.39 Å². The normalized spacial score (nSPS) is 18.8. The zero-order valence-electron chi connectivity index (χ0n) is 16.0. The van der Waals surface area contributed by atoms with E-state index in [1.807, 2.05) is 41.3 Å². The first-order valence-electron chi connectivity index (χ1n) is 10.2. The molecule has 3 nitrogen and oxygen atoms in total. The summed E-state index contributed by atoms with van der Waals surface area (Å²) in [5.41, 5.74) is 0.926. The molecule has 0 bridgehead atoms. The average Bonchev–Trinajstić information content (AvgIpc) is 3.57. The third kappa shape index (κ3) is 4.95. The maximum atomic E-state index is 14.2. The molecule has 0 radical (unpaired) electrons. The van der Waals surface area contributed by atoms with Crippen LogP contribution in [0, 0.1) is 11.7 Å². The van der Waals surface area contributed by atoms with E-state index in [0.29, 0.717) is 10.9 Å². The number of hydrogen-bond donors (Lipinski definition) is 1. The number of amides is 1. The van der Waals surface area contributed by atoms with Crippen LogP contribution in [0.1, 0.15) is 36.5 Å². The van der Waals surface area contributed by atoms with Gasteiger partial charge in [0.1, 0.15) is 11.1 Å². The van der Waals surface area contributed by atoms with Gasteiger partial charge >= 0.3 is 0 Å². The topological polar surface area (TPSA) is 32.3 Å². The van der Waals surface area contributed by atoms with E-state index >= 15 is 0 Å². The lowest BCUT2D eigenvalue weighted by Crippen LogP contribution is -2.46. The van der Waals surface area contributed by atoms with Gasteiger partial charge in [0, 0.05) is 24.0 Å². The molecule has 4 rings (SSSR count). The number of piperidine rings is 1.